The number of ether oxygens (including phenoxy) is 1. The van der Waals surface area contributed by atoms with Gasteiger partial charge in [-0.15, -0.1) is 0 Å². The van der Waals surface area contributed by atoms with Crippen molar-refractivity contribution in [3.05, 3.63) is 24.3 Å². The molecule has 56 heavy (non-hydrogen) atoms. The van der Waals surface area contributed by atoms with E-state index in [0.717, 1.165) is 70.6 Å². The minimum absolute atomic E-state index is 0.0111. The van der Waals surface area contributed by atoms with Crippen LogP contribution < -0.4 is 5.32 Å². The van der Waals surface area contributed by atoms with Crippen molar-refractivity contribution in [3.8, 4) is 0 Å². The monoisotopic (exact) mass is 790 g/mol. The van der Waals surface area contributed by atoms with Crippen LogP contribution in [-0.2, 0) is 14.3 Å². The second-order valence-corrected chi connectivity index (χ2v) is 16.8. The number of allylic oxidation sites excluding steroid dienone is 3. The van der Waals surface area contributed by atoms with Gasteiger partial charge in [-0.05, 0) is 57.8 Å². The minimum Gasteiger partial charge on any atom is -0.466 e. The number of carbonyl (C=O) groups is 2. The Morgan fingerprint density at radius 3 is 1.29 bits per heavy atom. The predicted molar refractivity (Wildman–Crippen MR) is 241 cm³/mol. The van der Waals surface area contributed by atoms with E-state index in [2.05, 4.69) is 31.3 Å². The highest BCUT2D eigenvalue weighted by molar-refractivity contribution is 5.76. The summed E-state index contributed by atoms with van der Waals surface area (Å²) in [6, 6.07) is -0.645. The van der Waals surface area contributed by atoms with Crippen LogP contribution in [0, 0.1) is 0 Å². The lowest BCUT2D eigenvalue weighted by atomic mass is 10.0. The molecule has 0 aliphatic rings. The lowest BCUT2D eigenvalue weighted by molar-refractivity contribution is -0.143. The molecular formula is C50H95NO5. The van der Waals surface area contributed by atoms with Crippen molar-refractivity contribution >= 4 is 11.9 Å². The van der Waals surface area contributed by atoms with Gasteiger partial charge in [-0.1, -0.05) is 212 Å². The van der Waals surface area contributed by atoms with Crippen LogP contribution in [0.2, 0.25) is 0 Å². The molecule has 0 fully saturated rings. The van der Waals surface area contributed by atoms with Crippen LogP contribution in [-0.4, -0.2) is 47.4 Å². The molecule has 0 heterocycles. The van der Waals surface area contributed by atoms with Gasteiger partial charge in [0.15, 0.2) is 0 Å². The summed E-state index contributed by atoms with van der Waals surface area (Å²) in [6.45, 7) is 4.83. The number of nitrogens with one attached hydrogen (secondary N) is 1. The van der Waals surface area contributed by atoms with E-state index in [1.54, 1.807) is 6.08 Å². The largest absolute Gasteiger partial charge is 0.466 e. The number of aliphatic hydroxyl groups excluding tert-OH is 2. The SMILES string of the molecule is CCCCCCCCC/C=C/C(O)C(CO)NC(=O)CCCCC/C=C\CCCCCCCCOC(=O)CCCCCCCCCCCCCCCCCCC. The quantitative estimate of drug-likeness (QED) is 0.0324. The fourth-order valence-corrected chi connectivity index (χ4v) is 7.39. The lowest BCUT2D eigenvalue weighted by Crippen LogP contribution is -2.45. The Morgan fingerprint density at radius 2 is 0.839 bits per heavy atom. The van der Waals surface area contributed by atoms with E-state index < -0.39 is 12.1 Å². The summed E-state index contributed by atoms with van der Waals surface area (Å²) >= 11 is 0. The topological polar surface area (TPSA) is 95.9 Å². The van der Waals surface area contributed by atoms with Gasteiger partial charge in [-0.3, -0.25) is 9.59 Å². The summed E-state index contributed by atoms with van der Waals surface area (Å²) in [5, 5.41) is 22.8. The van der Waals surface area contributed by atoms with Crippen molar-refractivity contribution in [2.24, 2.45) is 0 Å². The van der Waals surface area contributed by atoms with Crippen molar-refractivity contribution in [3.63, 3.8) is 0 Å². The van der Waals surface area contributed by atoms with Crippen LogP contribution in [0.4, 0.5) is 0 Å². The smallest absolute Gasteiger partial charge is 0.305 e. The van der Waals surface area contributed by atoms with Gasteiger partial charge < -0.3 is 20.3 Å². The Balaban J connectivity index is 3.47. The van der Waals surface area contributed by atoms with Crippen LogP contribution in [0.15, 0.2) is 24.3 Å². The van der Waals surface area contributed by atoms with E-state index in [0.29, 0.717) is 19.4 Å². The molecule has 0 aromatic carbocycles. The number of rotatable bonds is 45. The standard InChI is InChI=1S/C50H95NO5/c1-3-5-7-9-11-13-14-15-16-17-18-21-24-28-32-36-40-44-50(55)56-45-41-37-33-29-25-22-19-20-23-27-31-35-39-43-49(54)51-47(46-52)48(53)42-38-34-30-26-12-10-8-6-4-2/h20,23,38,42,47-48,52-53H,3-19,21-22,24-37,39-41,43-46H2,1-2H3,(H,51,54)/b23-20-,42-38+. The van der Waals surface area contributed by atoms with Crippen molar-refractivity contribution in [1.29, 1.82) is 0 Å². The zero-order valence-electron chi connectivity index (χ0n) is 37.4. The van der Waals surface area contributed by atoms with Gasteiger partial charge in [0.05, 0.1) is 25.4 Å². The van der Waals surface area contributed by atoms with Gasteiger partial charge >= 0.3 is 5.97 Å². The molecule has 0 saturated carbocycles. The zero-order valence-corrected chi connectivity index (χ0v) is 37.4. The third-order valence-electron chi connectivity index (χ3n) is 11.2. The van der Waals surface area contributed by atoms with E-state index in [-0.39, 0.29) is 18.5 Å². The van der Waals surface area contributed by atoms with Crippen molar-refractivity contribution in [2.45, 2.75) is 270 Å². The van der Waals surface area contributed by atoms with Crippen molar-refractivity contribution in [1.82, 2.24) is 5.32 Å². The maximum atomic E-state index is 12.3. The fourth-order valence-electron chi connectivity index (χ4n) is 7.39. The molecule has 0 radical (unpaired) electrons. The summed E-state index contributed by atoms with van der Waals surface area (Å²) in [5.41, 5.74) is 0. The van der Waals surface area contributed by atoms with Gasteiger partial charge in [0.25, 0.3) is 0 Å². The van der Waals surface area contributed by atoms with Gasteiger partial charge in [-0.25, -0.2) is 0 Å². The Hall–Kier alpha value is -1.66. The third-order valence-corrected chi connectivity index (χ3v) is 11.2. The van der Waals surface area contributed by atoms with Crippen LogP contribution in [0.3, 0.4) is 0 Å². The highest BCUT2D eigenvalue weighted by Crippen LogP contribution is 2.15. The average Bonchev–Trinajstić information content (AvgIpc) is 3.20. The number of esters is 1. The highest BCUT2D eigenvalue weighted by Gasteiger charge is 2.18. The van der Waals surface area contributed by atoms with E-state index in [9.17, 15) is 19.8 Å². The lowest BCUT2D eigenvalue weighted by Gasteiger charge is -2.19. The van der Waals surface area contributed by atoms with Gasteiger partial charge in [-0.2, -0.15) is 0 Å². The van der Waals surface area contributed by atoms with E-state index in [1.165, 1.54) is 161 Å². The number of amides is 1. The average molecular weight is 790 g/mol. The number of aliphatic hydroxyl groups is 2. The first-order valence-corrected chi connectivity index (χ1v) is 24.6. The first kappa shape index (κ1) is 54.3. The Morgan fingerprint density at radius 1 is 0.482 bits per heavy atom. The zero-order chi connectivity index (χ0) is 40.8. The molecule has 0 aromatic rings. The number of hydrogen-bond donors (Lipinski definition) is 3. The molecule has 0 aliphatic carbocycles. The molecule has 0 aliphatic heterocycles. The molecule has 330 valence electrons. The second-order valence-electron chi connectivity index (χ2n) is 16.8. The normalized spacial score (nSPS) is 12.9. The molecule has 0 rings (SSSR count). The molecule has 2 atom stereocenters. The first-order valence-electron chi connectivity index (χ1n) is 24.6. The molecule has 6 nitrogen and oxygen atoms in total. The van der Waals surface area contributed by atoms with Crippen LogP contribution in [0.5, 0.6) is 0 Å². The third kappa shape index (κ3) is 42.0. The molecular weight excluding hydrogens is 695 g/mol. The van der Waals surface area contributed by atoms with Crippen LogP contribution >= 0.6 is 0 Å². The van der Waals surface area contributed by atoms with E-state index >= 15 is 0 Å². The van der Waals surface area contributed by atoms with E-state index in [1.807, 2.05) is 6.08 Å². The fraction of sp³-hybridized carbons (Fsp3) is 0.880. The van der Waals surface area contributed by atoms with Gasteiger partial charge in [0.2, 0.25) is 5.91 Å². The Labute approximate surface area is 348 Å². The Bertz CT molecular complexity index is 874. The first-order chi connectivity index (χ1) is 27.5. The molecule has 0 bridgehead atoms. The molecule has 2 unspecified atom stereocenters. The molecule has 0 spiro atoms. The number of hydrogen-bond acceptors (Lipinski definition) is 5. The summed E-state index contributed by atoms with van der Waals surface area (Å²) in [7, 11) is 0. The molecule has 0 aromatic heterocycles. The predicted octanol–water partition coefficient (Wildman–Crippen LogP) is 14.3. The highest BCUT2D eigenvalue weighted by atomic mass is 16.5. The second kappa shape index (κ2) is 46.0. The van der Waals surface area contributed by atoms with Crippen LogP contribution in [0.25, 0.3) is 0 Å². The van der Waals surface area contributed by atoms with E-state index in [4.69, 9.17) is 4.74 Å². The summed E-state index contributed by atoms with van der Waals surface area (Å²) in [5.74, 6) is -0.112. The maximum Gasteiger partial charge on any atom is 0.305 e. The minimum atomic E-state index is -0.858. The molecule has 1 amide bonds. The molecule has 3 N–H and O–H groups in total. The summed E-state index contributed by atoms with van der Waals surface area (Å²) in [4.78, 5) is 24.4. The van der Waals surface area contributed by atoms with Crippen molar-refractivity contribution < 1.29 is 24.5 Å². The van der Waals surface area contributed by atoms with Crippen LogP contribution in [0.1, 0.15) is 258 Å². The molecule has 0 saturated heterocycles. The number of carbonyl (C=O) groups excluding carboxylic acids is 2. The summed E-state index contributed by atoms with van der Waals surface area (Å²) < 4.78 is 5.46. The number of unbranched alkanes of at least 4 members (excludes halogenated alkanes) is 32. The Kier molecular flexibility index (Phi) is 44.7. The van der Waals surface area contributed by atoms with Gasteiger partial charge in [0, 0.05) is 12.8 Å². The van der Waals surface area contributed by atoms with Gasteiger partial charge in [0.1, 0.15) is 0 Å². The molecule has 6 heteroatoms. The van der Waals surface area contributed by atoms with Crippen molar-refractivity contribution in [2.75, 3.05) is 13.2 Å². The summed E-state index contributed by atoms with van der Waals surface area (Å²) in [6.07, 6.45) is 53.3. The maximum absolute atomic E-state index is 12.3.